The van der Waals surface area contributed by atoms with Crippen LogP contribution in [0.2, 0.25) is 0 Å². The van der Waals surface area contributed by atoms with Gasteiger partial charge in [0.1, 0.15) is 6.10 Å². The summed E-state index contributed by atoms with van der Waals surface area (Å²) < 4.78 is 32.2. The molecule has 1 aromatic carbocycles. The number of benzene rings is 1. The molecule has 0 saturated carbocycles. The molecule has 0 radical (unpaired) electrons. The Bertz CT molecular complexity index is 792. The lowest BCUT2D eigenvalue weighted by atomic mass is 10.0. The molecule has 1 fully saturated rings. The second-order valence-electron chi connectivity index (χ2n) is 6.77. The smallest absolute Gasteiger partial charge is 0.317 e. The van der Waals surface area contributed by atoms with E-state index in [9.17, 15) is 18.7 Å². The Morgan fingerprint density at radius 1 is 1.29 bits per heavy atom. The third kappa shape index (κ3) is 5.24. The lowest BCUT2D eigenvalue weighted by Gasteiger charge is -2.33. The molecule has 1 aromatic heterocycles. The van der Waals surface area contributed by atoms with Gasteiger partial charge in [-0.05, 0) is 41.8 Å². The van der Waals surface area contributed by atoms with Gasteiger partial charge in [-0.3, -0.25) is 4.98 Å². The fraction of sp³-hybridized carbons (Fsp3) is 0.400. The number of pyridine rings is 1. The molecule has 1 aliphatic rings. The highest BCUT2D eigenvalue weighted by molar-refractivity contribution is 5.74. The summed E-state index contributed by atoms with van der Waals surface area (Å²) >= 11 is 0. The van der Waals surface area contributed by atoms with Gasteiger partial charge in [-0.25, -0.2) is 13.6 Å². The van der Waals surface area contributed by atoms with Crippen molar-refractivity contribution in [1.29, 1.82) is 0 Å². The lowest BCUT2D eigenvalue weighted by Crippen LogP contribution is -2.48. The number of hydrogen-bond acceptors (Lipinski definition) is 4. The number of carbonyl (C=O) groups excluding carboxylic acids is 1. The Morgan fingerprint density at radius 2 is 2.07 bits per heavy atom. The number of hydrogen-bond donors (Lipinski definition) is 2. The summed E-state index contributed by atoms with van der Waals surface area (Å²) in [6.07, 6.45) is 3.49. The number of amides is 2. The summed E-state index contributed by atoms with van der Waals surface area (Å²) in [5.74, 6) is -1.97. The lowest BCUT2D eigenvalue weighted by molar-refractivity contribution is -0.0157. The first kappa shape index (κ1) is 20.2. The molecule has 0 aliphatic carbocycles. The number of nitrogens with one attached hydrogen (secondary N) is 1. The largest absolute Gasteiger partial charge is 0.396 e. The van der Waals surface area contributed by atoms with Crippen LogP contribution in [0, 0.1) is 17.6 Å². The van der Waals surface area contributed by atoms with Crippen LogP contribution in [0.1, 0.15) is 17.2 Å². The molecule has 150 valence electrons. The van der Waals surface area contributed by atoms with E-state index in [1.807, 2.05) is 12.1 Å². The van der Waals surface area contributed by atoms with Crippen molar-refractivity contribution in [3.05, 3.63) is 65.5 Å². The number of aliphatic hydroxyl groups excluding tert-OH is 1. The average Bonchev–Trinajstić information content (AvgIpc) is 2.73. The zero-order valence-corrected chi connectivity index (χ0v) is 15.4. The first-order chi connectivity index (χ1) is 13.6. The summed E-state index contributed by atoms with van der Waals surface area (Å²) in [6.45, 7) is 1.22. The summed E-state index contributed by atoms with van der Waals surface area (Å²) in [5, 5.41) is 12.4. The SMILES string of the molecule is O=C(NCC(CO)Cc1ccncc1)N1CCOC(c2ccc(F)c(F)c2)C1. The maximum absolute atomic E-state index is 13.5. The van der Waals surface area contributed by atoms with Crippen LogP contribution < -0.4 is 5.32 Å². The van der Waals surface area contributed by atoms with Crippen molar-refractivity contribution >= 4 is 6.03 Å². The van der Waals surface area contributed by atoms with E-state index in [1.54, 1.807) is 17.3 Å². The molecule has 8 heteroatoms. The number of aromatic nitrogens is 1. The third-order valence-electron chi connectivity index (χ3n) is 4.74. The van der Waals surface area contributed by atoms with Crippen molar-refractivity contribution in [3.8, 4) is 0 Å². The van der Waals surface area contributed by atoms with Gasteiger partial charge < -0.3 is 20.1 Å². The molecule has 2 aromatic rings. The number of urea groups is 1. The standard InChI is InChI=1S/C20H23F2N3O3/c21-17-2-1-16(10-18(17)22)19-12-25(7-8-28-19)20(27)24-11-15(13-26)9-14-3-5-23-6-4-14/h1-6,10,15,19,26H,7-9,11-13H2,(H,24,27). The van der Waals surface area contributed by atoms with Crippen molar-refractivity contribution < 1.29 is 23.4 Å². The van der Waals surface area contributed by atoms with E-state index in [0.29, 0.717) is 31.7 Å². The Balaban J connectivity index is 1.53. The molecule has 3 rings (SSSR count). The molecule has 0 bridgehead atoms. The van der Waals surface area contributed by atoms with E-state index in [2.05, 4.69) is 10.3 Å². The van der Waals surface area contributed by atoms with Crippen molar-refractivity contribution in [2.24, 2.45) is 5.92 Å². The number of nitrogens with zero attached hydrogens (tertiary/aromatic N) is 2. The highest BCUT2D eigenvalue weighted by Gasteiger charge is 2.26. The van der Waals surface area contributed by atoms with E-state index < -0.39 is 17.7 Å². The van der Waals surface area contributed by atoms with Gasteiger partial charge in [0, 0.05) is 38.0 Å². The molecule has 0 spiro atoms. The first-order valence-corrected chi connectivity index (χ1v) is 9.16. The second kappa shape index (κ2) is 9.57. The number of halogens is 2. The number of morpholine rings is 1. The van der Waals surface area contributed by atoms with E-state index in [4.69, 9.17) is 4.74 Å². The van der Waals surface area contributed by atoms with Crippen molar-refractivity contribution in [2.45, 2.75) is 12.5 Å². The van der Waals surface area contributed by atoms with E-state index >= 15 is 0 Å². The Morgan fingerprint density at radius 3 is 2.79 bits per heavy atom. The van der Waals surface area contributed by atoms with Gasteiger partial charge in [-0.2, -0.15) is 0 Å². The predicted octanol–water partition coefficient (Wildman–Crippen LogP) is 2.29. The van der Waals surface area contributed by atoms with Gasteiger partial charge in [0.05, 0.1) is 13.2 Å². The van der Waals surface area contributed by atoms with Gasteiger partial charge in [0.15, 0.2) is 11.6 Å². The van der Waals surface area contributed by atoms with Crippen molar-refractivity contribution in [3.63, 3.8) is 0 Å². The van der Waals surface area contributed by atoms with Gasteiger partial charge in [-0.1, -0.05) is 6.07 Å². The molecule has 2 N–H and O–H groups in total. The summed E-state index contributed by atoms with van der Waals surface area (Å²) in [5.41, 5.74) is 1.52. The highest BCUT2D eigenvalue weighted by Crippen LogP contribution is 2.23. The molecule has 2 heterocycles. The molecular formula is C20H23F2N3O3. The zero-order chi connectivity index (χ0) is 19.9. The Kier molecular flexibility index (Phi) is 6.89. The minimum absolute atomic E-state index is 0.0524. The Hall–Kier alpha value is -2.58. The quantitative estimate of drug-likeness (QED) is 0.793. The van der Waals surface area contributed by atoms with Crippen LogP contribution in [0.15, 0.2) is 42.7 Å². The summed E-state index contributed by atoms with van der Waals surface area (Å²) in [7, 11) is 0. The molecule has 2 unspecified atom stereocenters. The summed E-state index contributed by atoms with van der Waals surface area (Å²) in [4.78, 5) is 18.0. The van der Waals surface area contributed by atoms with Gasteiger partial charge in [-0.15, -0.1) is 0 Å². The van der Waals surface area contributed by atoms with Crippen LogP contribution in [-0.2, 0) is 11.2 Å². The minimum Gasteiger partial charge on any atom is -0.396 e. The molecule has 6 nitrogen and oxygen atoms in total. The highest BCUT2D eigenvalue weighted by atomic mass is 19.2. The normalized spacial score (nSPS) is 18.0. The molecule has 28 heavy (non-hydrogen) atoms. The van der Waals surface area contributed by atoms with Crippen molar-refractivity contribution in [2.75, 3.05) is 32.8 Å². The van der Waals surface area contributed by atoms with Crippen LogP contribution in [0.5, 0.6) is 0 Å². The van der Waals surface area contributed by atoms with Crippen LogP contribution in [0.3, 0.4) is 0 Å². The van der Waals surface area contributed by atoms with Gasteiger partial charge in [0.2, 0.25) is 0 Å². The van der Waals surface area contributed by atoms with Crippen LogP contribution in [0.4, 0.5) is 13.6 Å². The van der Waals surface area contributed by atoms with Crippen LogP contribution in [0.25, 0.3) is 0 Å². The minimum atomic E-state index is -0.940. The van der Waals surface area contributed by atoms with Crippen LogP contribution in [-0.4, -0.2) is 53.9 Å². The van der Waals surface area contributed by atoms with Gasteiger partial charge in [0.25, 0.3) is 0 Å². The van der Waals surface area contributed by atoms with Crippen molar-refractivity contribution in [1.82, 2.24) is 15.2 Å². The maximum atomic E-state index is 13.5. The van der Waals surface area contributed by atoms with E-state index in [0.717, 1.165) is 17.7 Å². The molecule has 2 amide bonds. The first-order valence-electron chi connectivity index (χ1n) is 9.16. The number of rotatable bonds is 6. The van der Waals surface area contributed by atoms with E-state index in [1.165, 1.54) is 6.07 Å². The number of carbonyl (C=O) groups is 1. The number of ether oxygens (including phenoxy) is 1. The number of aliphatic hydroxyl groups is 1. The fourth-order valence-corrected chi connectivity index (χ4v) is 3.14. The topological polar surface area (TPSA) is 74.7 Å². The van der Waals surface area contributed by atoms with Gasteiger partial charge >= 0.3 is 6.03 Å². The summed E-state index contributed by atoms with van der Waals surface area (Å²) in [6, 6.07) is 7.08. The molecule has 1 aliphatic heterocycles. The third-order valence-corrected chi connectivity index (χ3v) is 4.74. The molecule has 1 saturated heterocycles. The molecular weight excluding hydrogens is 368 g/mol. The average molecular weight is 391 g/mol. The maximum Gasteiger partial charge on any atom is 0.317 e. The molecule has 2 atom stereocenters. The predicted molar refractivity (Wildman–Crippen MR) is 98.5 cm³/mol. The Labute approximate surface area is 162 Å². The fourth-order valence-electron chi connectivity index (χ4n) is 3.14. The monoisotopic (exact) mass is 391 g/mol. The van der Waals surface area contributed by atoms with E-state index in [-0.39, 0.29) is 25.1 Å². The second-order valence-corrected chi connectivity index (χ2v) is 6.77. The van der Waals surface area contributed by atoms with Crippen LogP contribution >= 0.6 is 0 Å². The zero-order valence-electron chi connectivity index (χ0n) is 15.4.